The Kier molecular flexibility index (Phi) is 4.86. The third-order valence-electron chi connectivity index (χ3n) is 3.86. The van der Waals surface area contributed by atoms with Gasteiger partial charge in [-0.1, -0.05) is 50.3 Å². The van der Waals surface area contributed by atoms with E-state index in [2.05, 4.69) is 47.7 Å². The molecule has 0 aromatic heterocycles. The van der Waals surface area contributed by atoms with Crippen LogP contribution in [-0.2, 0) is 0 Å². The lowest BCUT2D eigenvalue weighted by molar-refractivity contribution is 0.130. The maximum absolute atomic E-state index is 10.4. The van der Waals surface area contributed by atoms with Crippen LogP contribution in [0.2, 0.25) is 0 Å². The Hall–Kier alpha value is -0.0900. The summed E-state index contributed by atoms with van der Waals surface area (Å²) < 4.78 is 1.23. The molecule has 17 heavy (non-hydrogen) atoms. The largest absolute Gasteiger partial charge is 0.388 e. The fourth-order valence-electron chi connectivity index (χ4n) is 2.79. The van der Waals surface area contributed by atoms with E-state index in [1.807, 2.05) is 0 Å². The van der Waals surface area contributed by atoms with Crippen LogP contribution >= 0.6 is 22.6 Å². The lowest BCUT2D eigenvalue weighted by atomic mass is 9.84. The molecule has 0 radical (unpaired) electrons. The maximum Gasteiger partial charge on any atom is 0.0803 e. The summed E-state index contributed by atoms with van der Waals surface area (Å²) in [6.07, 6.45) is 7.36. The third-order valence-corrected chi connectivity index (χ3v) is 5.34. The number of halogens is 1. The minimum Gasteiger partial charge on any atom is -0.388 e. The van der Waals surface area contributed by atoms with E-state index in [1.165, 1.54) is 41.2 Å². The van der Waals surface area contributed by atoms with Crippen molar-refractivity contribution in [3.05, 3.63) is 32.9 Å². The number of aliphatic hydroxyl groups is 1. The van der Waals surface area contributed by atoms with Crippen molar-refractivity contribution in [3.8, 4) is 0 Å². The molecule has 1 fully saturated rings. The van der Waals surface area contributed by atoms with Gasteiger partial charge < -0.3 is 5.11 Å². The van der Waals surface area contributed by atoms with E-state index in [0.717, 1.165) is 17.9 Å². The van der Waals surface area contributed by atoms with Crippen molar-refractivity contribution in [1.29, 1.82) is 0 Å². The standard InChI is InChI=1S/C15H21IO/c1-11-6-5-9-13(15(11)16)14(17)10-12-7-3-2-4-8-12/h5-6,9,12,14,17H,2-4,7-8,10H2,1H3. The molecule has 1 N–H and O–H groups in total. The summed E-state index contributed by atoms with van der Waals surface area (Å²) in [5.74, 6) is 0.732. The summed E-state index contributed by atoms with van der Waals surface area (Å²) in [5, 5.41) is 10.4. The Labute approximate surface area is 118 Å². The molecule has 2 rings (SSSR count). The fraction of sp³-hybridized carbons (Fsp3) is 0.600. The van der Waals surface area contributed by atoms with Gasteiger partial charge in [-0.25, -0.2) is 0 Å². The third kappa shape index (κ3) is 3.44. The number of hydrogen-bond acceptors (Lipinski definition) is 1. The minimum atomic E-state index is -0.273. The lowest BCUT2D eigenvalue weighted by Crippen LogP contribution is -2.12. The SMILES string of the molecule is Cc1cccc(C(O)CC2CCCCC2)c1I. The van der Waals surface area contributed by atoms with E-state index in [4.69, 9.17) is 0 Å². The van der Waals surface area contributed by atoms with Crippen molar-refractivity contribution in [3.63, 3.8) is 0 Å². The zero-order valence-corrected chi connectivity index (χ0v) is 12.6. The molecule has 94 valence electrons. The number of benzene rings is 1. The van der Waals surface area contributed by atoms with Crippen molar-refractivity contribution in [1.82, 2.24) is 0 Å². The summed E-state index contributed by atoms with van der Waals surface area (Å²) in [4.78, 5) is 0. The van der Waals surface area contributed by atoms with Gasteiger partial charge in [-0.05, 0) is 53.0 Å². The van der Waals surface area contributed by atoms with E-state index in [9.17, 15) is 5.11 Å². The molecule has 0 saturated heterocycles. The van der Waals surface area contributed by atoms with E-state index >= 15 is 0 Å². The smallest absolute Gasteiger partial charge is 0.0803 e. The van der Waals surface area contributed by atoms with Crippen LogP contribution in [0.5, 0.6) is 0 Å². The van der Waals surface area contributed by atoms with Gasteiger partial charge in [0.1, 0.15) is 0 Å². The van der Waals surface area contributed by atoms with Crippen LogP contribution in [0.15, 0.2) is 18.2 Å². The molecule has 1 saturated carbocycles. The zero-order chi connectivity index (χ0) is 12.3. The highest BCUT2D eigenvalue weighted by atomic mass is 127. The summed E-state index contributed by atoms with van der Waals surface area (Å²) in [5.41, 5.74) is 2.39. The summed E-state index contributed by atoms with van der Waals surface area (Å²) >= 11 is 2.35. The predicted octanol–water partition coefficient (Wildman–Crippen LogP) is 4.60. The van der Waals surface area contributed by atoms with Crippen LogP contribution in [0.4, 0.5) is 0 Å². The average molecular weight is 344 g/mol. The minimum absolute atomic E-state index is 0.273. The highest BCUT2D eigenvalue weighted by molar-refractivity contribution is 14.1. The lowest BCUT2D eigenvalue weighted by Gasteiger charge is -2.24. The van der Waals surface area contributed by atoms with Gasteiger partial charge in [0, 0.05) is 3.57 Å². The first kappa shape index (κ1) is 13.3. The van der Waals surface area contributed by atoms with Crippen molar-refractivity contribution in [2.75, 3.05) is 0 Å². The molecule has 1 aliphatic carbocycles. The molecule has 1 atom stereocenters. The second-order valence-electron chi connectivity index (χ2n) is 5.23. The van der Waals surface area contributed by atoms with E-state index in [-0.39, 0.29) is 6.10 Å². The molecule has 1 aromatic carbocycles. The van der Waals surface area contributed by atoms with Crippen LogP contribution in [0.25, 0.3) is 0 Å². The Bertz CT molecular complexity index is 369. The first-order valence-corrected chi connectivity index (χ1v) is 7.69. The fourth-order valence-corrected chi connectivity index (χ4v) is 3.51. The van der Waals surface area contributed by atoms with Crippen molar-refractivity contribution in [2.24, 2.45) is 5.92 Å². The molecule has 0 spiro atoms. The van der Waals surface area contributed by atoms with Gasteiger partial charge >= 0.3 is 0 Å². The average Bonchev–Trinajstić information content (AvgIpc) is 2.34. The molecular weight excluding hydrogens is 323 g/mol. The van der Waals surface area contributed by atoms with Crippen molar-refractivity contribution < 1.29 is 5.11 Å². The zero-order valence-electron chi connectivity index (χ0n) is 10.5. The van der Waals surface area contributed by atoms with Gasteiger partial charge in [-0.2, -0.15) is 0 Å². The van der Waals surface area contributed by atoms with Crippen LogP contribution < -0.4 is 0 Å². The second-order valence-corrected chi connectivity index (χ2v) is 6.31. The molecule has 2 heteroatoms. The van der Waals surface area contributed by atoms with Gasteiger partial charge in [0.05, 0.1) is 6.10 Å². The molecule has 0 amide bonds. The Balaban J connectivity index is 2.03. The van der Waals surface area contributed by atoms with Crippen LogP contribution in [0.3, 0.4) is 0 Å². The van der Waals surface area contributed by atoms with Crippen LogP contribution in [0, 0.1) is 16.4 Å². The van der Waals surface area contributed by atoms with Crippen LogP contribution in [0.1, 0.15) is 55.8 Å². The molecule has 1 unspecified atom stereocenters. The highest BCUT2D eigenvalue weighted by Crippen LogP contribution is 2.33. The summed E-state index contributed by atoms with van der Waals surface area (Å²) in [6, 6.07) is 6.23. The van der Waals surface area contributed by atoms with Crippen molar-refractivity contribution >= 4 is 22.6 Å². The Morgan fingerprint density at radius 2 is 2.00 bits per heavy atom. The monoisotopic (exact) mass is 344 g/mol. The first-order valence-electron chi connectivity index (χ1n) is 6.61. The van der Waals surface area contributed by atoms with Gasteiger partial charge in [0.2, 0.25) is 0 Å². The highest BCUT2D eigenvalue weighted by Gasteiger charge is 2.20. The van der Waals surface area contributed by atoms with Gasteiger partial charge in [-0.15, -0.1) is 0 Å². The summed E-state index contributed by atoms with van der Waals surface area (Å²) in [6.45, 7) is 2.11. The Morgan fingerprint density at radius 3 is 2.71 bits per heavy atom. The van der Waals surface area contributed by atoms with Crippen molar-refractivity contribution in [2.45, 2.75) is 51.6 Å². The number of hydrogen-bond donors (Lipinski definition) is 1. The van der Waals surface area contributed by atoms with E-state index < -0.39 is 0 Å². The molecule has 1 aliphatic rings. The number of aryl methyl sites for hydroxylation is 1. The number of aliphatic hydroxyl groups excluding tert-OH is 1. The van der Waals surface area contributed by atoms with Crippen LogP contribution in [-0.4, -0.2) is 5.11 Å². The molecular formula is C15H21IO. The molecule has 0 heterocycles. The van der Waals surface area contributed by atoms with E-state index in [1.54, 1.807) is 0 Å². The van der Waals surface area contributed by atoms with Gasteiger partial charge in [0.15, 0.2) is 0 Å². The molecule has 1 nitrogen and oxygen atoms in total. The predicted molar refractivity (Wildman–Crippen MR) is 80.0 cm³/mol. The summed E-state index contributed by atoms with van der Waals surface area (Å²) in [7, 11) is 0. The van der Waals surface area contributed by atoms with E-state index in [0.29, 0.717) is 0 Å². The maximum atomic E-state index is 10.4. The molecule has 1 aromatic rings. The molecule has 0 bridgehead atoms. The normalized spacial score (nSPS) is 19.2. The molecule has 0 aliphatic heterocycles. The second kappa shape index (κ2) is 6.19. The topological polar surface area (TPSA) is 20.2 Å². The van der Waals surface area contributed by atoms with Gasteiger partial charge in [0.25, 0.3) is 0 Å². The van der Waals surface area contributed by atoms with Gasteiger partial charge in [-0.3, -0.25) is 0 Å². The quantitative estimate of drug-likeness (QED) is 0.795. The number of rotatable bonds is 3. The first-order chi connectivity index (χ1) is 8.18. The Morgan fingerprint density at radius 1 is 1.29 bits per heavy atom.